The molecule has 2 aliphatic rings. The maximum Gasteiger partial charge on any atom is 0.407 e. The minimum atomic E-state index is -0.314. The van der Waals surface area contributed by atoms with Crippen molar-refractivity contribution in [3.63, 3.8) is 0 Å². The standard InChI is InChI=1S/C14H25N3O3/c1-3-20-14(19)15-12-4-7-17(10-12)13-5-8-16(9-6-13)11(2)18/h12-13H,3-10H2,1-2H3,(H,15,19). The summed E-state index contributed by atoms with van der Waals surface area (Å²) in [6, 6.07) is 0.736. The first-order valence-electron chi connectivity index (χ1n) is 7.53. The van der Waals surface area contributed by atoms with E-state index in [1.165, 1.54) is 0 Å². The number of amides is 2. The van der Waals surface area contributed by atoms with Gasteiger partial charge in [-0.3, -0.25) is 9.69 Å². The van der Waals surface area contributed by atoms with Crippen LogP contribution in [0.2, 0.25) is 0 Å². The van der Waals surface area contributed by atoms with Gasteiger partial charge in [0.05, 0.1) is 6.61 Å². The number of hydrogen-bond donors (Lipinski definition) is 1. The average molecular weight is 283 g/mol. The molecule has 6 heteroatoms. The zero-order valence-corrected chi connectivity index (χ0v) is 12.4. The van der Waals surface area contributed by atoms with Crippen LogP contribution >= 0.6 is 0 Å². The quantitative estimate of drug-likeness (QED) is 0.833. The minimum Gasteiger partial charge on any atom is -0.450 e. The predicted molar refractivity (Wildman–Crippen MR) is 75.4 cm³/mol. The fourth-order valence-electron chi connectivity index (χ4n) is 3.12. The average Bonchev–Trinajstić information content (AvgIpc) is 2.87. The number of hydrogen-bond acceptors (Lipinski definition) is 4. The lowest BCUT2D eigenvalue weighted by atomic mass is 10.0. The van der Waals surface area contributed by atoms with E-state index < -0.39 is 0 Å². The third kappa shape index (κ3) is 3.85. The van der Waals surface area contributed by atoms with E-state index in [2.05, 4.69) is 10.2 Å². The van der Waals surface area contributed by atoms with Gasteiger partial charge in [-0.1, -0.05) is 0 Å². The van der Waals surface area contributed by atoms with Gasteiger partial charge in [0.2, 0.25) is 5.91 Å². The molecule has 0 aliphatic carbocycles. The van der Waals surface area contributed by atoms with Gasteiger partial charge in [-0.25, -0.2) is 4.79 Å². The second-order valence-corrected chi connectivity index (χ2v) is 5.58. The lowest BCUT2D eigenvalue weighted by Gasteiger charge is -2.36. The molecule has 1 N–H and O–H groups in total. The SMILES string of the molecule is CCOC(=O)NC1CCN(C2CCN(C(C)=O)CC2)C1. The molecule has 2 fully saturated rings. The first-order valence-corrected chi connectivity index (χ1v) is 7.53. The third-order valence-corrected chi connectivity index (χ3v) is 4.24. The van der Waals surface area contributed by atoms with Gasteiger partial charge in [0.25, 0.3) is 0 Å². The molecule has 2 aliphatic heterocycles. The zero-order valence-electron chi connectivity index (χ0n) is 12.4. The summed E-state index contributed by atoms with van der Waals surface area (Å²) in [5.41, 5.74) is 0. The van der Waals surface area contributed by atoms with Gasteiger partial charge in [-0.15, -0.1) is 0 Å². The van der Waals surface area contributed by atoms with Crippen LogP contribution < -0.4 is 5.32 Å². The number of nitrogens with zero attached hydrogens (tertiary/aromatic N) is 2. The van der Waals surface area contributed by atoms with Crippen LogP contribution in [-0.4, -0.2) is 66.7 Å². The molecule has 2 heterocycles. The van der Waals surface area contributed by atoms with Crippen molar-refractivity contribution in [3.8, 4) is 0 Å². The van der Waals surface area contributed by atoms with Gasteiger partial charge in [-0.2, -0.15) is 0 Å². The van der Waals surface area contributed by atoms with Crippen molar-refractivity contribution in [1.82, 2.24) is 15.1 Å². The Morgan fingerprint density at radius 3 is 2.50 bits per heavy atom. The molecule has 20 heavy (non-hydrogen) atoms. The summed E-state index contributed by atoms with van der Waals surface area (Å²) in [4.78, 5) is 27.1. The van der Waals surface area contributed by atoms with Gasteiger partial charge in [0.1, 0.15) is 0 Å². The number of likely N-dealkylation sites (tertiary alicyclic amines) is 2. The Bertz CT molecular complexity index is 354. The van der Waals surface area contributed by atoms with Crippen LogP contribution in [0.25, 0.3) is 0 Å². The van der Waals surface area contributed by atoms with E-state index in [0.717, 1.165) is 45.4 Å². The van der Waals surface area contributed by atoms with Gasteiger partial charge >= 0.3 is 6.09 Å². The van der Waals surface area contributed by atoms with E-state index in [0.29, 0.717) is 12.6 Å². The molecular weight excluding hydrogens is 258 g/mol. The number of nitrogens with one attached hydrogen (secondary N) is 1. The summed E-state index contributed by atoms with van der Waals surface area (Å²) < 4.78 is 4.91. The van der Waals surface area contributed by atoms with E-state index in [9.17, 15) is 9.59 Å². The maximum absolute atomic E-state index is 11.4. The topological polar surface area (TPSA) is 61.9 Å². The highest BCUT2D eigenvalue weighted by molar-refractivity contribution is 5.73. The summed E-state index contributed by atoms with van der Waals surface area (Å²) in [6.07, 6.45) is 2.73. The number of ether oxygens (including phenoxy) is 1. The highest BCUT2D eigenvalue weighted by Gasteiger charge is 2.31. The Labute approximate surface area is 120 Å². The van der Waals surface area contributed by atoms with Crippen LogP contribution in [0.15, 0.2) is 0 Å². The molecular formula is C14H25N3O3. The van der Waals surface area contributed by atoms with Crippen LogP contribution in [-0.2, 0) is 9.53 Å². The van der Waals surface area contributed by atoms with E-state index >= 15 is 0 Å². The predicted octanol–water partition coefficient (Wildman–Crippen LogP) is 0.818. The molecule has 0 aromatic carbocycles. The first kappa shape index (κ1) is 15.1. The Morgan fingerprint density at radius 1 is 1.20 bits per heavy atom. The smallest absolute Gasteiger partial charge is 0.407 e. The minimum absolute atomic E-state index is 0.173. The van der Waals surface area contributed by atoms with E-state index in [-0.39, 0.29) is 18.0 Å². The summed E-state index contributed by atoms with van der Waals surface area (Å²) in [5.74, 6) is 0.173. The Balaban J connectivity index is 1.73. The molecule has 0 aromatic rings. The summed E-state index contributed by atoms with van der Waals surface area (Å²) in [5, 5.41) is 2.91. The lowest BCUT2D eigenvalue weighted by Crippen LogP contribution is -2.46. The number of carbonyl (C=O) groups excluding carboxylic acids is 2. The molecule has 1 atom stereocenters. The van der Waals surface area contributed by atoms with Crippen molar-refractivity contribution in [1.29, 1.82) is 0 Å². The van der Waals surface area contributed by atoms with Crippen LogP contribution in [0, 0.1) is 0 Å². The molecule has 0 bridgehead atoms. The second kappa shape index (κ2) is 6.92. The third-order valence-electron chi connectivity index (χ3n) is 4.24. The van der Waals surface area contributed by atoms with Crippen molar-refractivity contribution < 1.29 is 14.3 Å². The Kier molecular flexibility index (Phi) is 5.23. The molecule has 1 unspecified atom stereocenters. The van der Waals surface area contributed by atoms with Crippen molar-refractivity contribution in [2.75, 3.05) is 32.8 Å². The lowest BCUT2D eigenvalue weighted by molar-refractivity contribution is -0.130. The molecule has 0 spiro atoms. The summed E-state index contributed by atoms with van der Waals surface area (Å²) in [7, 11) is 0. The largest absolute Gasteiger partial charge is 0.450 e. The van der Waals surface area contributed by atoms with E-state index in [1.54, 1.807) is 6.92 Å². The molecule has 6 nitrogen and oxygen atoms in total. The molecule has 114 valence electrons. The van der Waals surface area contributed by atoms with E-state index in [4.69, 9.17) is 4.74 Å². The van der Waals surface area contributed by atoms with Gasteiger partial charge in [0.15, 0.2) is 0 Å². The number of rotatable bonds is 3. The van der Waals surface area contributed by atoms with Gasteiger partial charge in [-0.05, 0) is 26.2 Å². The van der Waals surface area contributed by atoms with Crippen molar-refractivity contribution in [2.24, 2.45) is 0 Å². The zero-order chi connectivity index (χ0) is 14.5. The summed E-state index contributed by atoms with van der Waals surface area (Å²) in [6.45, 7) is 7.47. The fourth-order valence-corrected chi connectivity index (χ4v) is 3.12. The van der Waals surface area contributed by atoms with Gasteiger partial charge in [0, 0.05) is 45.2 Å². The second-order valence-electron chi connectivity index (χ2n) is 5.58. The van der Waals surface area contributed by atoms with Crippen LogP contribution in [0.4, 0.5) is 4.79 Å². The summed E-state index contributed by atoms with van der Waals surface area (Å²) >= 11 is 0. The molecule has 2 amide bonds. The monoisotopic (exact) mass is 283 g/mol. The van der Waals surface area contributed by atoms with Crippen molar-refractivity contribution in [2.45, 2.75) is 45.2 Å². The van der Waals surface area contributed by atoms with Crippen molar-refractivity contribution >= 4 is 12.0 Å². The van der Waals surface area contributed by atoms with E-state index in [1.807, 2.05) is 11.8 Å². The highest BCUT2D eigenvalue weighted by Crippen LogP contribution is 2.21. The molecule has 0 aromatic heterocycles. The molecule has 2 saturated heterocycles. The normalized spacial score (nSPS) is 24.7. The molecule has 0 radical (unpaired) electrons. The molecule has 0 saturated carbocycles. The number of carbonyl (C=O) groups is 2. The maximum atomic E-state index is 11.4. The highest BCUT2D eigenvalue weighted by atomic mass is 16.5. The first-order chi connectivity index (χ1) is 9.60. The Morgan fingerprint density at radius 2 is 1.90 bits per heavy atom. The Hall–Kier alpha value is -1.30. The van der Waals surface area contributed by atoms with Crippen LogP contribution in [0.5, 0.6) is 0 Å². The number of piperidine rings is 1. The molecule has 2 rings (SSSR count). The van der Waals surface area contributed by atoms with Crippen LogP contribution in [0.1, 0.15) is 33.1 Å². The van der Waals surface area contributed by atoms with Crippen molar-refractivity contribution in [3.05, 3.63) is 0 Å². The fraction of sp³-hybridized carbons (Fsp3) is 0.857. The number of alkyl carbamates (subject to hydrolysis) is 1. The van der Waals surface area contributed by atoms with Gasteiger partial charge < -0.3 is 15.0 Å². The van der Waals surface area contributed by atoms with Crippen LogP contribution in [0.3, 0.4) is 0 Å².